The van der Waals surface area contributed by atoms with Crippen molar-refractivity contribution in [2.75, 3.05) is 13.2 Å². The van der Waals surface area contributed by atoms with Gasteiger partial charge in [0.1, 0.15) is 6.61 Å². The zero-order valence-electron chi connectivity index (χ0n) is 10.2. The summed E-state index contributed by atoms with van der Waals surface area (Å²) >= 11 is 3.29. The first-order chi connectivity index (χ1) is 9.04. The Morgan fingerprint density at radius 1 is 1.63 bits per heavy atom. The molecule has 0 spiro atoms. The highest BCUT2D eigenvalue weighted by molar-refractivity contribution is 9.10. The van der Waals surface area contributed by atoms with Crippen LogP contribution in [-0.2, 0) is 14.3 Å². The molecular weight excluding hydrogens is 316 g/mol. The summed E-state index contributed by atoms with van der Waals surface area (Å²) in [5.41, 5.74) is 0.636. The summed E-state index contributed by atoms with van der Waals surface area (Å²) in [6.07, 6.45) is 2.07. The SMILES string of the molecule is CCN1C(=O)COC(C(=O)O)C1c1cncc(Br)c1. The molecule has 1 amide bonds. The molecule has 6 nitrogen and oxygen atoms in total. The first kappa shape index (κ1) is 14.0. The Kier molecular flexibility index (Phi) is 4.16. The van der Waals surface area contributed by atoms with Crippen molar-refractivity contribution < 1.29 is 19.4 Å². The van der Waals surface area contributed by atoms with Crippen LogP contribution in [0.2, 0.25) is 0 Å². The van der Waals surface area contributed by atoms with E-state index in [0.717, 1.165) is 4.47 Å². The number of carbonyl (C=O) groups excluding carboxylic acids is 1. The molecule has 2 rings (SSSR count). The van der Waals surface area contributed by atoms with E-state index in [0.29, 0.717) is 12.1 Å². The Bertz CT molecular complexity index is 506. The van der Waals surface area contributed by atoms with Crippen molar-refractivity contribution in [3.05, 3.63) is 28.5 Å². The van der Waals surface area contributed by atoms with Crippen molar-refractivity contribution in [1.29, 1.82) is 0 Å². The van der Waals surface area contributed by atoms with Crippen LogP contribution in [0.1, 0.15) is 18.5 Å². The topological polar surface area (TPSA) is 79.7 Å². The molecule has 0 saturated carbocycles. The second-order valence-corrected chi connectivity index (χ2v) is 5.05. The van der Waals surface area contributed by atoms with E-state index in [2.05, 4.69) is 20.9 Å². The molecule has 0 bridgehead atoms. The number of nitrogens with zero attached hydrogens (tertiary/aromatic N) is 2. The van der Waals surface area contributed by atoms with E-state index >= 15 is 0 Å². The molecule has 1 aliphatic heterocycles. The first-order valence-electron chi connectivity index (χ1n) is 5.79. The second-order valence-electron chi connectivity index (χ2n) is 4.13. The molecule has 1 saturated heterocycles. The van der Waals surface area contributed by atoms with Crippen LogP contribution < -0.4 is 0 Å². The van der Waals surface area contributed by atoms with E-state index in [9.17, 15) is 14.7 Å². The van der Waals surface area contributed by atoms with Crippen LogP contribution in [0.25, 0.3) is 0 Å². The van der Waals surface area contributed by atoms with Gasteiger partial charge in [-0.15, -0.1) is 0 Å². The zero-order chi connectivity index (χ0) is 14.0. The third kappa shape index (κ3) is 2.76. The lowest BCUT2D eigenvalue weighted by Crippen LogP contribution is -2.51. The van der Waals surface area contributed by atoms with Crippen LogP contribution in [0.4, 0.5) is 0 Å². The number of likely N-dealkylation sites (N-methyl/N-ethyl adjacent to an activating group) is 1. The highest BCUT2D eigenvalue weighted by atomic mass is 79.9. The predicted molar refractivity (Wildman–Crippen MR) is 69.4 cm³/mol. The van der Waals surface area contributed by atoms with Crippen molar-refractivity contribution in [3.8, 4) is 0 Å². The van der Waals surface area contributed by atoms with E-state index in [4.69, 9.17) is 4.74 Å². The quantitative estimate of drug-likeness (QED) is 0.902. The van der Waals surface area contributed by atoms with E-state index in [1.165, 1.54) is 4.90 Å². The van der Waals surface area contributed by atoms with Gasteiger partial charge in [-0.05, 0) is 34.5 Å². The molecule has 2 atom stereocenters. The van der Waals surface area contributed by atoms with Gasteiger partial charge in [-0.2, -0.15) is 0 Å². The Morgan fingerprint density at radius 3 is 2.95 bits per heavy atom. The molecule has 0 radical (unpaired) electrons. The highest BCUT2D eigenvalue weighted by Gasteiger charge is 2.41. The first-order valence-corrected chi connectivity index (χ1v) is 6.58. The minimum absolute atomic E-state index is 0.206. The summed E-state index contributed by atoms with van der Waals surface area (Å²) < 4.78 is 5.88. The van der Waals surface area contributed by atoms with Crippen LogP contribution in [0, 0.1) is 0 Å². The fraction of sp³-hybridized carbons (Fsp3) is 0.417. The van der Waals surface area contributed by atoms with E-state index < -0.39 is 18.1 Å². The normalized spacial score (nSPS) is 23.5. The lowest BCUT2D eigenvalue weighted by molar-refractivity contribution is -0.172. The van der Waals surface area contributed by atoms with Gasteiger partial charge in [0.2, 0.25) is 5.91 Å². The Labute approximate surface area is 118 Å². The van der Waals surface area contributed by atoms with E-state index in [1.807, 2.05) is 0 Å². The van der Waals surface area contributed by atoms with Gasteiger partial charge in [-0.1, -0.05) is 0 Å². The number of pyridine rings is 1. The van der Waals surface area contributed by atoms with Crippen LogP contribution in [0.5, 0.6) is 0 Å². The van der Waals surface area contributed by atoms with Crippen LogP contribution in [-0.4, -0.2) is 46.1 Å². The fourth-order valence-corrected chi connectivity index (χ4v) is 2.56. The number of rotatable bonds is 3. The lowest BCUT2D eigenvalue weighted by Gasteiger charge is -2.38. The molecule has 0 aliphatic carbocycles. The van der Waals surface area contributed by atoms with Crippen molar-refractivity contribution in [3.63, 3.8) is 0 Å². The minimum Gasteiger partial charge on any atom is -0.479 e. The maximum Gasteiger partial charge on any atom is 0.335 e. The predicted octanol–water partition coefficient (Wildman–Crippen LogP) is 1.22. The van der Waals surface area contributed by atoms with Crippen molar-refractivity contribution in [2.24, 2.45) is 0 Å². The van der Waals surface area contributed by atoms with Gasteiger partial charge in [0.05, 0.1) is 6.04 Å². The number of carboxylic acids is 1. The molecule has 2 heterocycles. The van der Waals surface area contributed by atoms with Gasteiger partial charge in [0.15, 0.2) is 6.10 Å². The molecule has 1 aromatic rings. The number of halogens is 1. The van der Waals surface area contributed by atoms with E-state index in [-0.39, 0.29) is 12.5 Å². The lowest BCUT2D eigenvalue weighted by atomic mass is 9.99. The van der Waals surface area contributed by atoms with Crippen molar-refractivity contribution in [2.45, 2.75) is 19.1 Å². The maximum absolute atomic E-state index is 11.8. The van der Waals surface area contributed by atoms with Gasteiger partial charge >= 0.3 is 5.97 Å². The highest BCUT2D eigenvalue weighted by Crippen LogP contribution is 2.31. The van der Waals surface area contributed by atoms with Crippen LogP contribution in [0.3, 0.4) is 0 Å². The molecule has 7 heteroatoms. The number of aromatic nitrogens is 1. The summed E-state index contributed by atoms with van der Waals surface area (Å²) in [4.78, 5) is 28.7. The van der Waals surface area contributed by atoms with Crippen LogP contribution in [0.15, 0.2) is 22.9 Å². The fourth-order valence-electron chi connectivity index (χ4n) is 2.18. The van der Waals surface area contributed by atoms with Gasteiger partial charge < -0.3 is 14.7 Å². The summed E-state index contributed by atoms with van der Waals surface area (Å²) in [5.74, 6) is -1.30. The number of carboxylic acid groups (broad SMARTS) is 1. The molecular formula is C12H13BrN2O4. The van der Waals surface area contributed by atoms with Crippen LogP contribution >= 0.6 is 15.9 Å². The Morgan fingerprint density at radius 2 is 2.37 bits per heavy atom. The number of hydrogen-bond donors (Lipinski definition) is 1. The average Bonchev–Trinajstić information content (AvgIpc) is 2.37. The average molecular weight is 329 g/mol. The summed E-state index contributed by atoms with van der Waals surface area (Å²) in [7, 11) is 0. The molecule has 0 aromatic carbocycles. The summed E-state index contributed by atoms with van der Waals surface area (Å²) in [6.45, 7) is 2.02. The van der Waals surface area contributed by atoms with Gasteiger partial charge in [-0.25, -0.2) is 4.79 Å². The van der Waals surface area contributed by atoms with Gasteiger partial charge in [-0.3, -0.25) is 9.78 Å². The summed E-state index contributed by atoms with van der Waals surface area (Å²) in [6, 6.07) is 1.09. The molecule has 19 heavy (non-hydrogen) atoms. The molecule has 1 aromatic heterocycles. The zero-order valence-corrected chi connectivity index (χ0v) is 11.8. The molecule has 1 fully saturated rings. The number of amides is 1. The molecule has 2 unspecified atom stereocenters. The number of hydrogen-bond acceptors (Lipinski definition) is 4. The number of aliphatic carboxylic acids is 1. The summed E-state index contributed by atoms with van der Waals surface area (Å²) in [5, 5.41) is 9.24. The third-order valence-electron chi connectivity index (χ3n) is 2.98. The second kappa shape index (κ2) is 5.66. The Hall–Kier alpha value is -1.47. The minimum atomic E-state index is -1.09. The number of carbonyl (C=O) groups is 2. The van der Waals surface area contributed by atoms with E-state index in [1.54, 1.807) is 25.4 Å². The number of morpholine rings is 1. The molecule has 102 valence electrons. The van der Waals surface area contributed by atoms with Gasteiger partial charge in [0, 0.05) is 23.4 Å². The molecule has 1 N–H and O–H groups in total. The van der Waals surface area contributed by atoms with Crippen molar-refractivity contribution >= 4 is 27.8 Å². The van der Waals surface area contributed by atoms with Gasteiger partial charge in [0.25, 0.3) is 0 Å². The third-order valence-corrected chi connectivity index (χ3v) is 3.41. The molecule has 1 aliphatic rings. The monoisotopic (exact) mass is 328 g/mol. The van der Waals surface area contributed by atoms with Crippen molar-refractivity contribution in [1.82, 2.24) is 9.88 Å². The largest absolute Gasteiger partial charge is 0.479 e. The smallest absolute Gasteiger partial charge is 0.335 e. The maximum atomic E-state index is 11.8. The standard InChI is InChI=1S/C12H13BrN2O4/c1-2-15-9(16)6-19-11(12(17)18)10(15)7-3-8(13)5-14-4-7/h3-5,10-11H,2,6H2,1H3,(H,17,18). The Balaban J connectivity index is 2.44. The number of ether oxygens (including phenoxy) is 1.